The number of aliphatic hydroxyl groups is 1. The van der Waals surface area contributed by atoms with Crippen molar-refractivity contribution in [3.63, 3.8) is 0 Å². The normalized spacial score (nSPS) is 17.6. The molecule has 0 radical (unpaired) electrons. The van der Waals surface area contributed by atoms with Crippen LogP contribution in [0.5, 0.6) is 5.75 Å². The van der Waals surface area contributed by atoms with Gasteiger partial charge in [0.1, 0.15) is 17.3 Å². The Labute approximate surface area is 190 Å². The molecule has 1 atom stereocenters. The van der Waals surface area contributed by atoms with E-state index in [-0.39, 0.29) is 11.3 Å². The van der Waals surface area contributed by atoms with Gasteiger partial charge in [-0.15, -0.1) is 0 Å². The molecule has 0 aliphatic carbocycles. The lowest BCUT2D eigenvalue weighted by Gasteiger charge is -2.24. The van der Waals surface area contributed by atoms with Gasteiger partial charge in [-0.05, 0) is 60.5 Å². The van der Waals surface area contributed by atoms with Gasteiger partial charge in [0.25, 0.3) is 5.78 Å². The molecule has 162 valence electrons. The van der Waals surface area contributed by atoms with Gasteiger partial charge in [0, 0.05) is 16.8 Å². The van der Waals surface area contributed by atoms with Crippen LogP contribution in [0.15, 0.2) is 78.5 Å². The summed E-state index contributed by atoms with van der Waals surface area (Å²) in [5.74, 6) is -0.820. The first-order valence-corrected chi connectivity index (χ1v) is 10.6. The minimum Gasteiger partial charge on any atom is -0.507 e. The number of pyridine rings is 1. The standard InChI is InChI=1S/C25H21ClN2O4/c1-2-15-32-19-12-8-17(9-13-19)23(29)21-22(16-6-10-18(26)11-7-16)28(25(31)24(21)30)20-5-3-4-14-27-20/h3-14,22,29H,2,15H2,1H3. The minimum atomic E-state index is -0.849. The van der Waals surface area contributed by atoms with Crippen LogP contribution in [-0.4, -0.2) is 28.4 Å². The summed E-state index contributed by atoms with van der Waals surface area (Å²) in [6, 6.07) is 17.8. The highest BCUT2D eigenvalue weighted by atomic mass is 35.5. The van der Waals surface area contributed by atoms with Crippen LogP contribution in [0.1, 0.15) is 30.5 Å². The van der Waals surface area contributed by atoms with Crippen LogP contribution in [0.25, 0.3) is 5.76 Å². The summed E-state index contributed by atoms with van der Waals surface area (Å²) in [5.41, 5.74) is 1.03. The molecule has 2 aromatic carbocycles. The van der Waals surface area contributed by atoms with E-state index < -0.39 is 17.7 Å². The summed E-state index contributed by atoms with van der Waals surface area (Å²) in [7, 11) is 0. The number of anilines is 1. The Balaban J connectivity index is 1.83. The number of amides is 1. The van der Waals surface area contributed by atoms with Crippen LogP contribution in [-0.2, 0) is 9.59 Å². The van der Waals surface area contributed by atoms with Crippen molar-refractivity contribution in [2.75, 3.05) is 11.5 Å². The molecule has 1 unspecified atom stereocenters. The van der Waals surface area contributed by atoms with Crippen molar-refractivity contribution in [1.82, 2.24) is 4.98 Å². The topological polar surface area (TPSA) is 79.7 Å². The lowest BCUT2D eigenvalue weighted by molar-refractivity contribution is -0.132. The van der Waals surface area contributed by atoms with Crippen molar-refractivity contribution < 1.29 is 19.4 Å². The quantitative estimate of drug-likeness (QED) is 0.320. The average Bonchev–Trinajstić information content (AvgIpc) is 3.09. The van der Waals surface area contributed by atoms with E-state index in [4.69, 9.17) is 16.3 Å². The van der Waals surface area contributed by atoms with Crippen molar-refractivity contribution in [3.05, 3.63) is 94.6 Å². The Morgan fingerprint density at radius 2 is 1.78 bits per heavy atom. The zero-order valence-electron chi connectivity index (χ0n) is 17.4. The van der Waals surface area contributed by atoms with Gasteiger partial charge in [-0.2, -0.15) is 0 Å². The number of carbonyl (C=O) groups excluding carboxylic acids is 2. The van der Waals surface area contributed by atoms with Crippen LogP contribution in [0.2, 0.25) is 5.02 Å². The molecule has 0 bridgehead atoms. The molecule has 32 heavy (non-hydrogen) atoms. The summed E-state index contributed by atoms with van der Waals surface area (Å²) >= 11 is 6.04. The second-order valence-corrected chi connectivity index (χ2v) is 7.72. The van der Waals surface area contributed by atoms with Gasteiger partial charge in [0.05, 0.1) is 18.2 Å². The second kappa shape index (κ2) is 9.24. The van der Waals surface area contributed by atoms with E-state index in [0.29, 0.717) is 34.3 Å². The number of benzene rings is 2. The third-order valence-corrected chi connectivity index (χ3v) is 5.38. The van der Waals surface area contributed by atoms with Crippen molar-refractivity contribution >= 4 is 34.9 Å². The number of hydrogen-bond donors (Lipinski definition) is 1. The molecule has 0 saturated carbocycles. The van der Waals surface area contributed by atoms with Crippen LogP contribution < -0.4 is 9.64 Å². The number of ketones is 1. The number of Topliss-reactive ketones (excluding diaryl/α,β-unsaturated/α-hetero) is 1. The third kappa shape index (κ3) is 4.09. The van der Waals surface area contributed by atoms with Crippen LogP contribution in [0.3, 0.4) is 0 Å². The lowest BCUT2D eigenvalue weighted by atomic mass is 9.95. The maximum Gasteiger partial charge on any atom is 0.301 e. The number of halogens is 1. The van der Waals surface area contributed by atoms with Crippen molar-refractivity contribution in [2.45, 2.75) is 19.4 Å². The van der Waals surface area contributed by atoms with Gasteiger partial charge in [0.2, 0.25) is 0 Å². The molecule has 1 aliphatic heterocycles. The van der Waals surface area contributed by atoms with Gasteiger partial charge in [0.15, 0.2) is 0 Å². The zero-order chi connectivity index (χ0) is 22.7. The van der Waals surface area contributed by atoms with Crippen molar-refractivity contribution in [1.29, 1.82) is 0 Å². The predicted octanol–water partition coefficient (Wildman–Crippen LogP) is 5.15. The third-order valence-electron chi connectivity index (χ3n) is 5.13. The van der Waals surface area contributed by atoms with Gasteiger partial charge in [-0.3, -0.25) is 14.5 Å². The molecule has 6 nitrogen and oxygen atoms in total. The van der Waals surface area contributed by atoms with Crippen molar-refractivity contribution in [2.24, 2.45) is 0 Å². The number of hydrogen-bond acceptors (Lipinski definition) is 5. The molecular weight excluding hydrogens is 428 g/mol. The first-order chi connectivity index (χ1) is 15.5. The maximum atomic E-state index is 13.1. The lowest BCUT2D eigenvalue weighted by Crippen LogP contribution is -2.30. The monoisotopic (exact) mass is 448 g/mol. The van der Waals surface area contributed by atoms with Crippen LogP contribution in [0.4, 0.5) is 5.82 Å². The zero-order valence-corrected chi connectivity index (χ0v) is 18.1. The molecular formula is C25H21ClN2O4. The number of aromatic nitrogens is 1. The highest BCUT2D eigenvalue weighted by molar-refractivity contribution is 6.51. The molecule has 1 N–H and O–H groups in total. The smallest absolute Gasteiger partial charge is 0.301 e. The molecule has 2 heterocycles. The van der Waals surface area contributed by atoms with E-state index in [1.807, 2.05) is 6.92 Å². The van der Waals surface area contributed by atoms with Gasteiger partial charge in [-0.25, -0.2) is 4.98 Å². The fourth-order valence-electron chi connectivity index (χ4n) is 3.61. The number of nitrogens with zero attached hydrogens (tertiary/aromatic N) is 2. The number of carbonyl (C=O) groups is 2. The fourth-order valence-corrected chi connectivity index (χ4v) is 3.74. The first kappa shape index (κ1) is 21.6. The van der Waals surface area contributed by atoms with E-state index in [1.165, 1.54) is 4.90 Å². The number of ether oxygens (including phenoxy) is 1. The Hall–Kier alpha value is -3.64. The summed E-state index contributed by atoms with van der Waals surface area (Å²) in [6.07, 6.45) is 2.42. The predicted molar refractivity (Wildman–Crippen MR) is 123 cm³/mol. The average molecular weight is 449 g/mol. The Morgan fingerprint density at radius 3 is 2.41 bits per heavy atom. The van der Waals surface area contributed by atoms with Crippen LogP contribution in [0, 0.1) is 0 Å². The van der Waals surface area contributed by atoms with Crippen LogP contribution >= 0.6 is 11.6 Å². The van der Waals surface area contributed by atoms with E-state index in [0.717, 1.165) is 6.42 Å². The summed E-state index contributed by atoms with van der Waals surface area (Å²) < 4.78 is 5.58. The molecule has 1 saturated heterocycles. The number of rotatable bonds is 6. The molecule has 4 rings (SSSR count). The molecule has 1 fully saturated rings. The Morgan fingerprint density at radius 1 is 1.06 bits per heavy atom. The SMILES string of the molecule is CCCOc1ccc(C(O)=C2C(=O)C(=O)N(c3ccccn3)C2c2ccc(Cl)cc2)cc1. The highest BCUT2D eigenvalue weighted by Gasteiger charge is 2.47. The molecule has 1 amide bonds. The Bertz CT molecular complexity index is 1160. The molecule has 1 aliphatic rings. The van der Waals surface area contributed by atoms with Gasteiger partial charge < -0.3 is 9.84 Å². The van der Waals surface area contributed by atoms with Gasteiger partial charge in [-0.1, -0.05) is 36.7 Å². The molecule has 1 aromatic heterocycles. The van der Waals surface area contributed by atoms with Crippen molar-refractivity contribution in [3.8, 4) is 5.75 Å². The van der Waals surface area contributed by atoms with E-state index >= 15 is 0 Å². The molecule has 3 aromatic rings. The fraction of sp³-hybridized carbons (Fsp3) is 0.160. The Kier molecular flexibility index (Phi) is 6.23. The maximum absolute atomic E-state index is 13.1. The van der Waals surface area contributed by atoms with E-state index in [1.54, 1.807) is 72.9 Å². The minimum absolute atomic E-state index is 0.00907. The molecule has 7 heteroatoms. The van der Waals surface area contributed by atoms with Gasteiger partial charge >= 0.3 is 5.91 Å². The number of aliphatic hydroxyl groups excluding tert-OH is 1. The summed E-state index contributed by atoms with van der Waals surface area (Å²) in [6.45, 7) is 2.59. The van der Waals surface area contributed by atoms with E-state index in [9.17, 15) is 14.7 Å². The summed E-state index contributed by atoms with van der Waals surface area (Å²) in [5, 5.41) is 11.6. The first-order valence-electron chi connectivity index (χ1n) is 10.2. The largest absolute Gasteiger partial charge is 0.507 e. The summed E-state index contributed by atoms with van der Waals surface area (Å²) in [4.78, 5) is 31.6. The molecule has 0 spiro atoms. The second-order valence-electron chi connectivity index (χ2n) is 7.28. The van der Waals surface area contributed by atoms with E-state index in [2.05, 4.69) is 4.98 Å². The highest BCUT2D eigenvalue weighted by Crippen LogP contribution is 2.41.